The second-order valence-electron chi connectivity index (χ2n) is 7.72. The molecule has 2 heterocycles. The Kier molecular flexibility index (Phi) is 6.05. The minimum Gasteiger partial charge on any atom is -0.323 e. The number of carbonyl (C=O) groups excluding carboxylic acids is 4. The molecule has 1 aromatic heterocycles. The Morgan fingerprint density at radius 3 is 2.44 bits per heavy atom. The highest BCUT2D eigenvalue weighted by molar-refractivity contribution is 6.11. The highest BCUT2D eigenvalue weighted by atomic mass is 19.1. The molecule has 4 rings (SSSR count). The van der Waals surface area contributed by atoms with E-state index in [4.69, 9.17) is 0 Å². The molecular weight excluding hydrogens is 441 g/mol. The maximum atomic E-state index is 13.9. The molecule has 34 heavy (non-hydrogen) atoms. The molecule has 1 unspecified atom stereocenters. The SMILES string of the molecule is CC1(c2ccccc2)NC(=O)N(CC(=O)Nc2cc(F)ccc2NC(=O)c2ccccn2)C1=O. The standard InChI is InChI=1S/C24H20FN5O4/c1-24(15-7-3-2-4-8-15)22(33)30(23(34)29-24)14-20(31)27-19-13-16(25)10-11-17(19)28-21(32)18-9-5-6-12-26-18/h2-13H,14H2,1H3,(H,27,31)(H,28,32)(H,29,34). The van der Waals surface area contributed by atoms with Gasteiger partial charge in [0.2, 0.25) is 5.91 Å². The van der Waals surface area contributed by atoms with Crippen LogP contribution in [0.2, 0.25) is 0 Å². The monoisotopic (exact) mass is 461 g/mol. The number of urea groups is 1. The lowest BCUT2D eigenvalue weighted by atomic mass is 9.92. The van der Waals surface area contributed by atoms with Crippen molar-refractivity contribution in [1.82, 2.24) is 15.2 Å². The highest BCUT2D eigenvalue weighted by Gasteiger charge is 2.49. The van der Waals surface area contributed by atoms with Gasteiger partial charge in [-0.25, -0.2) is 9.18 Å². The number of hydrogen-bond donors (Lipinski definition) is 3. The van der Waals surface area contributed by atoms with E-state index in [1.165, 1.54) is 18.3 Å². The first-order valence-corrected chi connectivity index (χ1v) is 10.3. The average molecular weight is 461 g/mol. The van der Waals surface area contributed by atoms with E-state index in [0.29, 0.717) is 5.56 Å². The number of hydrogen-bond acceptors (Lipinski definition) is 5. The second-order valence-corrected chi connectivity index (χ2v) is 7.72. The Balaban J connectivity index is 1.49. The Bertz CT molecular complexity index is 1270. The van der Waals surface area contributed by atoms with Gasteiger partial charge < -0.3 is 16.0 Å². The van der Waals surface area contributed by atoms with Crippen molar-refractivity contribution in [2.75, 3.05) is 17.2 Å². The molecule has 1 aliphatic rings. The van der Waals surface area contributed by atoms with Crippen molar-refractivity contribution >= 4 is 35.1 Å². The van der Waals surface area contributed by atoms with Gasteiger partial charge in [-0.2, -0.15) is 0 Å². The van der Waals surface area contributed by atoms with Gasteiger partial charge in [0.25, 0.3) is 11.8 Å². The molecule has 2 aromatic carbocycles. The van der Waals surface area contributed by atoms with Gasteiger partial charge in [0.1, 0.15) is 23.6 Å². The van der Waals surface area contributed by atoms with E-state index in [2.05, 4.69) is 20.9 Å². The molecule has 0 spiro atoms. The summed E-state index contributed by atoms with van der Waals surface area (Å²) in [6, 6.07) is 16.1. The lowest BCUT2D eigenvalue weighted by Gasteiger charge is -2.22. The lowest BCUT2D eigenvalue weighted by molar-refractivity contribution is -0.133. The van der Waals surface area contributed by atoms with E-state index in [-0.39, 0.29) is 17.1 Å². The normalized spacial score (nSPS) is 17.3. The highest BCUT2D eigenvalue weighted by Crippen LogP contribution is 2.29. The summed E-state index contributed by atoms with van der Waals surface area (Å²) in [5.74, 6) is -2.56. The van der Waals surface area contributed by atoms with Crippen molar-refractivity contribution in [3.63, 3.8) is 0 Å². The van der Waals surface area contributed by atoms with Gasteiger partial charge in [0.15, 0.2) is 0 Å². The van der Waals surface area contributed by atoms with Gasteiger partial charge in [0.05, 0.1) is 11.4 Å². The summed E-state index contributed by atoms with van der Waals surface area (Å²) in [5, 5.41) is 7.63. The van der Waals surface area contributed by atoms with Crippen LogP contribution in [0.3, 0.4) is 0 Å². The number of benzene rings is 2. The maximum Gasteiger partial charge on any atom is 0.325 e. The molecule has 172 valence electrons. The fourth-order valence-corrected chi connectivity index (χ4v) is 3.55. The van der Waals surface area contributed by atoms with Crippen LogP contribution in [0.4, 0.5) is 20.6 Å². The summed E-state index contributed by atoms with van der Waals surface area (Å²) in [5.41, 5.74) is -0.535. The van der Waals surface area contributed by atoms with E-state index in [0.717, 1.165) is 17.0 Å². The number of nitrogens with zero attached hydrogens (tertiary/aromatic N) is 2. The Labute approximate surface area is 194 Å². The quantitative estimate of drug-likeness (QED) is 0.488. The predicted octanol–water partition coefficient (Wildman–Crippen LogP) is 2.88. The third-order valence-electron chi connectivity index (χ3n) is 5.33. The number of aromatic nitrogens is 1. The summed E-state index contributed by atoms with van der Waals surface area (Å²) in [4.78, 5) is 55.3. The van der Waals surface area contributed by atoms with Crippen molar-refractivity contribution < 1.29 is 23.6 Å². The number of pyridine rings is 1. The van der Waals surface area contributed by atoms with Gasteiger partial charge in [0, 0.05) is 6.20 Å². The van der Waals surface area contributed by atoms with Crippen LogP contribution >= 0.6 is 0 Å². The molecule has 1 aliphatic heterocycles. The fraction of sp³-hybridized carbons (Fsp3) is 0.125. The molecule has 9 nitrogen and oxygen atoms in total. The summed E-state index contributed by atoms with van der Waals surface area (Å²) in [7, 11) is 0. The first-order chi connectivity index (χ1) is 16.3. The number of imide groups is 1. The first kappa shape index (κ1) is 22.6. The van der Waals surface area contributed by atoms with Crippen LogP contribution in [0.25, 0.3) is 0 Å². The smallest absolute Gasteiger partial charge is 0.323 e. The molecule has 0 aliphatic carbocycles. The van der Waals surface area contributed by atoms with Crippen LogP contribution in [-0.2, 0) is 15.1 Å². The van der Waals surface area contributed by atoms with Crippen LogP contribution in [0.1, 0.15) is 23.0 Å². The van der Waals surface area contributed by atoms with E-state index in [1.54, 1.807) is 49.4 Å². The summed E-state index contributed by atoms with van der Waals surface area (Å²) < 4.78 is 13.9. The average Bonchev–Trinajstić information content (AvgIpc) is 3.05. The first-order valence-electron chi connectivity index (χ1n) is 10.3. The molecule has 0 radical (unpaired) electrons. The molecule has 0 saturated carbocycles. The number of halogens is 1. The zero-order chi connectivity index (χ0) is 24.3. The van der Waals surface area contributed by atoms with E-state index in [9.17, 15) is 23.6 Å². The van der Waals surface area contributed by atoms with Crippen molar-refractivity contribution in [2.24, 2.45) is 0 Å². The number of rotatable bonds is 6. The summed E-state index contributed by atoms with van der Waals surface area (Å²) in [6.07, 6.45) is 1.45. The minimum atomic E-state index is -1.32. The van der Waals surface area contributed by atoms with Crippen LogP contribution < -0.4 is 16.0 Å². The van der Waals surface area contributed by atoms with E-state index >= 15 is 0 Å². The van der Waals surface area contributed by atoms with Crippen LogP contribution in [-0.4, -0.2) is 40.2 Å². The van der Waals surface area contributed by atoms with Gasteiger partial charge in [-0.05, 0) is 42.8 Å². The van der Waals surface area contributed by atoms with Crippen molar-refractivity contribution in [3.05, 3.63) is 90.0 Å². The van der Waals surface area contributed by atoms with Gasteiger partial charge in [-0.1, -0.05) is 36.4 Å². The zero-order valence-corrected chi connectivity index (χ0v) is 18.0. The number of anilines is 2. The summed E-state index contributed by atoms with van der Waals surface area (Å²) in [6.45, 7) is 0.954. The van der Waals surface area contributed by atoms with Gasteiger partial charge in [-0.3, -0.25) is 24.3 Å². The molecule has 0 bridgehead atoms. The number of carbonyl (C=O) groups is 4. The number of nitrogens with one attached hydrogen (secondary N) is 3. The fourth-order valence-electron chi connectivity index (χ4n) is 3.55. The topological polar surface area (TPSA) is 120 Å². The molecule has 3 N–H and O–H groups in total. The summed E-state index contributed by atoms with van der Waals surface area (Å²) >= 11 is 0. The largest absolute Gasteiger partial charge is 0.325 e. The molecule has 3 aromatic rings. The van der Waals surface area contributed by atoms with Gasteiger partial charge in [-0.15, -0.1) is 0 Å². The van der Waals surface area contributed by atoms with E-state index in [1.807, 2.05) is 0 Å². The second kappa shape index (κ2) is 9.10. The zero-order valence-electron chi connectivity index (χ0n) is 18.0. The predicted molar refractivity (Wildman–Crippen MR) is 121 cm³/mol. The van der Waals surface area contributed by atoms with Crippen LogP contribution in [0, 0.1) is 5.82 Å². The lowest BCUT2D eigenvalue weighted by Crippen LogP contribution is -2.42. The van der Waals surface area contributed by atoms with Crippen LogP contribution in [0.15, 0.2) is 72.9 Å². The molecule has 5 amide bonds. The maximum absolute atomic E-state index is 13.9. The van der Waals surface area contributed by atoms with Crippen molar-refractivity contribution in [3.8, 4) is 0 Å². The van der Waals surface area contributed by atoms with Crippen molar-refractivity contribution in [2.45, 2.75) is 12.5 Å². The van der Waals surface area contributed by atoms with Crippen molar-refractivity contribution in [1.29, 1.82) is 0 Å². The Morgan fingerprint density at radius 1 is 1.00 bits per heavy atom. The van der Waals surface area contributed by atoms with Crippen LogP contribution in [0.5, 0.6) is 0 Å². The van der Waals surface area contributed by atoms with E-state index < -0.39 is 41.7 Å². The molecule has 10 heteroatoms. The molecular formula is C24H20FN5O4. The third kappa shape index (κ3) is 4.46. The Hall–Kier alpha value is -4.60. The third-order valence-corrected chi connectivity index (χ3v) is 5.33. The molecule has 1 fully saturated rings. The molecule has 1 atom stereocenters. The number of amides is 5. The molecule has 1 saturated heterocycles. The van der Waals surface area contributed by atoms with Gasteiger partial charge >= 0.3 is 6.03 Å². The minimum absolute atomic E-state index is 0.0350. The Morgan fingerprint density at radius 2 is 1.74 bits per heavy atom.